The lowest BCUT2D eigenvalue weighted by Crippen LogP contribution is -2.10. The van der Waals surface area contributed by atoms with Gasteiger partial charge in [0.05, 0.1) is 15.6 Å². The third-order valence-corrected chi connectivity index (χ3v) is 4.90. The molecule has 84 valence electrons. The van der Waals surface area contributed by atoms with Crippen molar-refractivity contribution in [2.24, 2.45) is 0 Å². The number of nitrogens with one attached hydrogen (secondary N) is 1. The summed E-state index contributed by atoms with van der Waals surface area (Å²) in [6, 6.07) is 6.89. The number of sulfone groups is 1. The Kier molecular flexibility index (Phi) is 4.31. The van der Waals surface area contributed by atoms with Gasteiger partial charge in [-0.1, -0.05) is 35.0 Å². The van der Waals surface area contributed by atoms with Crippen LogP contribution in [0.15, 0.2) is 29.2 Å². The van der Waals surface area contributed by atoms with Crippen molar-refractivity contribution in [2.75, 3.05) is 12.8 Å². The molecule has 0 aliphatic heterocycles. The SMILES string of the molecule is CCS(=O)(=O)c1ccc(C(Br)NC)cc1. The fraction of sp³-hybridized carbons (Fsp3) is 0.400. The van der Waals surface area contributed by atoms with E-state index >= 15 is 0 Å². The summed E-state index contributed by atoms with van der Waals surface area (Å²) in [4.78, 5) is 0.431. The minimum absolute atomic E-state index is 0.0517. The van der Waals surface area contributed by atoms with Gasteiger partial charge in [-0.3, -0.25) is 0 Å². The molecule has 1 N–H and O–H groups in total. The van der Waals surface area contributed by atoms with E-state index < -0.39 is 9.84 Å². The van der Waals surface area contributed by atoms with Crippen LogP contribution in [0.4, 0.5) is 0 Å². The molecule has 0 saturated heterocycles. The van der Waals surface area contributed by atoms with Crippen molar-refractivity contribution in [3.8, 4) is 0 Å². The summed E-state index contributed by atoms with van der Waals surface area (Å²) in [7, 11) is -1.25. The third kappa shape index (κ3) is 3.03. The van der Waals surface area contributed by atoms with E-state index in [-0.39, 0.29) is 10.7 Å². The lowest BCUT2D eigenvalue weighted by atomic mass is 10.2. The normalized spacial score (nSPS) is 13.8. The summed E-state index contributed by atoms with van der Waals surface area (Å²) in [5.74, 6) is 0.135. The molecule has 0 aliphatic carbocycles. The van der Waals surface area contributed by atoms with Gasteiger partial charge in [0.15, 0.2) is 9.84 Å². The smallest absolute Gasteiger partial charge is 0.178 e. The van der Waals surface area contributed by atoms with Crippen LogP contribution < -0.4 is 5.32 Å². The highest BCUT2D eigenvalue weighted by Crippen LogP contribution is 2.21. The average molecular weight is 292 g/mol. The minimum atomic E-state index is -3.08. The molecule has 0 bridgehead atoms. The Labute approximate surface area is 98.9 Å². The Bertz CT molecular complexity index is 414. The Hall–Kier alpha value is -0.390. The molecule has 1 aromatic carbocycles. The molecule has 1 aromatic rings. The van der Waals surface area contributed by atoms with E-state index in [1.165, 1.54) is 0 Å². The van der Waals surface area contributed by atoms with Crippen molar-refractivity contribution in [1.82, 2.24) is 5.32 Å². The summed E-state index contributed by atoms with van der Waals surface area (Å²) in [5.41, 5.74) is 1.01. The Morgan fingerprint density at radius 1 is 1.33 bits per heavy atom. The highest BCUT2D eigenvalue weighted by molar-refractivity contribution is 9.09. The third-order valence-electron chi connectivity index (χ3n) is 2.17. The highest BCUT2D eigenvalue weighted by Gasteiger charge is 2.12. The number of alkyl halides is 1. The predicted molar refractivity (Wildman–Crippen MR) is 64.9 cm³/mol. The second kappa shape index (κ2) is 5.09. The molecule has 1 unspecified atom stereocenters. The molecule has 0 aromatic heterocycles. The predicted octanol–water partition coefficient (Wildman–Crippen LogP) is 2.09. The molecule has 0 amide bonds. The molecular weight excluding hydrogens is 278 g/mol. The lowest BCUT2D eigenvalue weighted by molar-refractivity contribution is 0.597. The fourth-order valence-electron chi connectivity index (χ4n) is 1.18. The molecule has 0 fully saturated rings. The molecule has 0 radical (unpaired) electrons. The van der Waals surface area contributed by atoms with Gasteiger partial charge in [-0.05, 0) is 24.7 Å². The van der Waals surface area contributed by atoms with Gasteiger partial charge in [0.1, 0.15) is 0 Å². The van der Waals surface area contributed by atoms with E-state index in [0.29, 0.717) is 4.90 Å². The van der Waals surface area contributed by atoms with Gasteiger partial charge in [0, 0.05) is 0 Å². The van der Waals surface area contributed by atoms with E-state index in [2.05, 4.69) is 21.2 Å². The van der Waals surface area contributed by atoms with Gasteiger partial charge in [-0.15, -0.1) is 0 Å². The summed E-state index contributed by atoms with van der Waals surface area (Å²) >= 11 is 3.42. The van der Waals surface area contributed by atoms with Crippen LogP contribution in [0.1, 0.15) is 17.4 Å². The second-order valence-electron chi connectivity index (χ2n) is 3.12. The maximum absolute atomic E-state index is 11.5. The van der Waals surface area contributed by atoms with Crippen LogP contribution in [0.2, 0.25) is 0 Å². The molecule has 1 rings (SSSR count). The van der Waals surface area contributed by atoms with Gasteiger partial charge in [-0.25, -0.2) is 8.42 Å². The van der Waals surface area contributed by atoms with E-state index in [4.69, 9.17) is 0 Å². The van der Waals surface area contributed by atoms with Crippen molar-refractivity contribution < 1.29 is 8.42 Å². The summed E-state index contributed by atoms with van der Waals surface area (Å²) in [6.45, 7) is 1.64. The Morgan fingerprint density at radius 3 is 2.27 bits per heavy atom. The van der Waals surface area contributed by atoms with Crippen molar-refractivity contribution in [3.63, 3.8) is 0 Å². The van der Waals surface area contributed by atoms with Gasteiger partial charge in [0.25, 0.3) is 0 Å². The topological polar surface area (TPSA) is 46.2 Å². The number of hydrogen-bond donors (Lipinski definition) is 1. The van der Waals surface area contributed by atoms with Crippen LogP contribution in [0.3, 0.4) is 0 Å². The molecule has 1 atom stereocenters. The number of hydrogen-bond acceptors (Lipinski definition) is 3. The number of benzene rings is 1. The molecule has 15 heavy (non-hydrogen) atoms. The summed E-state index contributed by atoms with van der Waals surface area (Å²) in [5, 5.41) is 3.02. The van der Waals surface area contributed by atoms with Gasteiger partial charge >= 0.3 is 0 Å². The summed E-state index contributed by atoms with van der Waals surface area (Å²) < 4.78 is 23.0. The molecule has 0 heterocycles. The van der Waals surface area contributed by atoms with Crippen molar-refractivity contribution in [1.29, 1.82) is 0 Å². The molecule has 3 nitrogen and oxygen atoms in total. The first-order chi connectivity index (χ1) is 7.01. The largest absolute Gasteiger partial charge is 0.304 e. The highest BCUT2D eigenvalue weighted by atomic mass is 79.9. The van der Waals surface area contributed by atoms with Crippen molar-refractivity contribution >= 4 is 25.8 Å². The van der Waals surface area contributed by atoms with E-state index in [0.717, 1.165) is 5.56 Å². The van der Waals surface area contributed by atoms with E-state index in [1.807, 2.05) is 7.05 Å². The quantitative estimate of drug-likeness (QED) is 0.683. The lowest BCUT2D eigenvalue weighted by Gasteiger charge is -2.09. The van der Waals surface area contributed by atoms with E-state index in [9.17, 15) is 8.42 Å². The first-order valence-electron chi connectivity index (χ1n) is 4.65. The van der Waals surface area contributed by atoms with Gasteiger partial charge < -0.3 is 5.32 Å². The van der Waals surface area contributed by atoms with Crippen LogP contribution in [0.25, 0.3) is 0 Å². The first-order valence-corrected chi connectivity index (χ1v) is 7.22. The van der Waals surface area contributed by atoms with Crippen LogP contribution in [0, 0.1) is 0 Å². The fourth-order valence-corrected chi connectivity index (χ4v) is 2.37. The maximum Gasteiger partial charge on any atom is 0.178 e. The molecular formula is C10H14BrNO2S. The second-order valence-corrected chi connectivity index (χ2v) is 6.32. The zero-order valence-electron chi connectivity index (χ0n) is 8.70. The summed E-state index contributed by atoms with van der Waals surface area (Å²) in [6.07, 6.45) is 0. The van der Waals surface area contributed by atoms with Crippen LogP contribution in [0.5, 0.6) is 0 Å². The van der Waals surface area contributed by atoms with Crippen molar-refractivity contribution in [2.45, 2.75) is 16.8 Å². The number of halogens is 1. The molecule has 0 aliphatic rings. The van der Waals surface area contributed by atoms with E-state index in [1.54, 1.807) is 31.2 Å². The number of rotatable bonds is 4. The first kappa shape index (κ1) is 12.7. The molecule has 5 heteroatoms. The zero-order valence-corrected chi connectivity index (χ0v) is 11.1. The molecule has 0 saturated carbocycles. The zero-order chi connectivity index (χ0) is 11.5. The van der Waals surface area contributed by atoms with Crippen LogP contribution in [-0.2, 0) is 9.84 Å². The van der Waals surface area contributed by atoms with Crippen LogP contribution in [-0.4, -0.2) is 21.2 Å². The van der Waals surface area contributed by atoms with Gasteiger partial charge in [0.2, 0.25) is 0 Å². The molecule has 0 spiro atoms. The standard InChI is InChI=1S/C10H14BrNO2S/c1-3-15(13,14)9-6-4-8(5-7-9)10(11)12-2/h4-7,10,12H,3H2,1-2H3. The maximum atomic E-state index is 11.5. The monoisotopic (exact) mass is 291 g/mol. The minimum Gasteiger partial charge on any atom is -0.304 e. The average Bonchev–Trinajstić information content (AvgIpc) is 2.28. The van der Waals surface area contributed by atoms with Crippen molar-refractivity contribution in [3.05, 3.63) is 29.8 Å². The van der Waals surface area contributed by atoms with Gasteiger partial charge in [-0.2, -0.15) is 0 Å². The Balaban J connectivity index is 3.00. The Morgan fingerprint density at radius 2 is 1.87 bits per heavy atom. The van der Waals surface area contributed by atoms with Crippen LogP contribution >= 0.6 is 15.9 Å².